The van der Waals surface area contributed by atoms with Crippen LogP contribution in [-0.4, -0.2) is 34.6 Å². The second-order valence-corrected chi connectivity index (χ2v) is 7.93. The van der Waals surface area contributed by atoms with E-state index in [1.165, 1.54) is 17.0 Å². The fourth-order valence-corrected chi connectivity index (χ4v) is 3.41. The van der Waals surface area contributed by atoms with Gasteiger partial charge in [0.2, 0.25) is 5.90 Å². The van der Waals surface area contributed by atoms with Gasteiger partial charge in [0.25, 0.3) is 0 Å². The Bertz CT molecular complexity index is 891. The van der Waals surface area contributed by atoms with Gasteiger partial charge in [0.1, 0.15) is 46.1 Å². The number of halogens is 5. The molecule has 28 heavy (non-hydrogen) atoms. The van der Waals surface area contributed by atoms with Gasteiger partial charge in [0.05, 0.1) is 6.61 Å². The second-order valence-electron chi connectivity index (χ2n) is 6.41. The second kappa shape index (κ2) is 8.08. The molecule has 1 aliphatic heterocycles. The van der Waals surface area contributed by atoms with Gasteiger partial charge in [-0.3, -0.25) is 0 Å². The van der Waals surface area contributed by atoms with Crippen molar-refractivity contribution in [2.45, 2.75) is 24.0 Å². The number of aliphatic hydroxyl groups is 1. The van der Waals surface area contributed by atoms with E-state index in [0.29, 0.717) is 0 Å². The number of aliphatic imine (C=N–C) groups is 1. The highest BCUT2D eigenvalue weighted by Gasteiger charge is 2.43. The maximum absolute atomic E-state index is 14.2. The van der Waals surface area contributed by atoms with Crippen LogP contribution in [0.15, 0.2) is 41.4 Å². The topological polar surface area (TPSA) is 45.1 Å². The summed E-state index contributed by atoms with van der Waals surface area (Å²) in [5.74, 6) is -2.94. The fraction of sp³-hybridized carbons (Fsp3) is 0.316. The van der Waals surface area contributed by atoms with Gasteiger partial charge in [0.15, 0.2) is 0 Å². The summed E-state index contributed by atoms with van der Waals surface area (Å²) in [6.07, 6.45) is -0.711. The van der Waals surface area contributed by atoms with Crippen LogP contribution in [-0.2, 0) is 11.3 Å². The lowest BCUT2D eigenvalue weighted by atomic mass is 10.1. The van der Waals surface area contributed by atoms with Crippen molar-refractivity contribution in [1.29, 1.82) is 0 Å². The molecule has 1 heterocycles. The average molecular weight is 461 g/mol. The summed E-state index contributed by atoms with van der Waals surface area (Å²) in [6.45, 7) is 0.820. The third-order valence-corrected chi connectivity index (χ3v) is 5.26. The Morgan fingerprint density at radius 1 is 1.18 bits per heavy atom. The van der Waals surface area contributed by atoms with Gasteiger partial charge in [-0.1, -0.05) is 22.0 Å². The molecule has 0 aromatic heterocycles. The lowest BCUT2D eigenvalue weighted by Crippen LogP contribution is -2.55. The Morgan fingerprint density at radius 3 is 2.46 bits per heavy atom. The van der Waals surface area contributed by atoms with Gasteiger partial charge in [-0.15, -0.1) is 0 Å². The van der Waals surface area contributed by atoms with E-state index >= 15 is 0 Å². The summed E-state index contributed by atoms with van der Waals surface area (Å²) >= 11 is 3.33. The molecule has 2 aromatic rings. The van der Waals surface area contributed by atoms with Crippen molar-refractivity contribution >= 4 is 27.5 Å². The zero-order chi connectivity index (χ0) is 20.5. The molecule has 3 rings (SSSR count). The average Bonchev–Trinajstić information content (AvgIpc) is 2.64. The molecule has 0 spiro atoms. The number of para-hydroxylation sites is 1. The number of alkyl halides is 1. The molecule has 0 aliphatic carbocycles. The van der Waals surface area contributed by atoms with Gasteiger partial charge in [-0.05, 0) is 31.2 Å². The van der Waals surface area contributed by atoms with Gasteiger partial charge >= 0.3 is 0 Å². The van der Waals surface area contributed by atoms with Crippen LogP contribution in [0.2, 0.25) is 0 Å². The standard InChI is InChI=1S/C19H17BrF4N2O2/c1-11-25-18(28-8-12-5-6-13(21)7-16(12)24)19(20,10-27)9-26(11)17-14(22)3-2-4-15(17)23/h2-7,11,27H,8-10H2,1H3. The number of hydrogen-bond acceptors (Lipinski definition) is 4. The smallest absolute Gasteiger partial charge is 0.207 e. The van der Waals surface area contributed by atoms with Gasteiger partial charge in [0, 0.05) is 18.2 Å². The summed E-state index contributed by atoms with van der Waals surface area (Å²) in [7, 11) is 0. The highest BCUT2D eigenvalue weighted by atomic mass is 79.9. The molecule has 0 radical (unpaired) electrons. The van der Waals surface area contributed by atoms with E-state index in [0.717, 1.165) is 24.3 Å². The minimum absolute atomic E-state index is 0.0484. The van der Waals surface area contributed by atoms with Crippen molar-refractivity contribution in [3.8, 4) is 0 Å². The van der Waals surface area contributed by atoms with Crippen LogP contribution in [0.5, 0.6) is 0 Å². The monoisotopic (exact) mass is 460 g/mol. The van der Waals surface area contributed by atoms with E-state index in [1.54, 1.807) is 6.92 Å². The van der Waals surface area contributed by atoms with Gasteiger partial charge in [-0.25, -0.2) is 22.6 Å². The van der Waals surface area contributed by atoms with Crippen LogP contribution >= 0.6 is 15.9 Å². The number of ether oxygens (including phenoxy) is 1. The summed E-state index contributed by atoms with van der Waals surface area (Å²) in [5, 5.41) is 9.85. The van der Waals surface area contributed by atoms with Crippen LogP contribution in [0.1, 0.15) is 12.5 Å². The molecule has 150 valence electrons. The molecule has 9 heteroatoms. The first-order valence-corrected chi connectivity index (χ1v) is 9.20. The Hall–Kier alpha value is -2.13. The highest BCUT2D eigenvalue weighted by Crippen LogP contribution is 2.34. The molecule has 0 saturated heterocycles. The van der Waals surface area contributed by atoms with Crippen LogP contribution in [0, 0.1) is 23.3 Å². The molecule has 1 aliphatic rings. The molecule has 4 nitrogen and oxygen atoms in total. The molecule has 0 fully saturated rings. The minimum Gasteiger partial charge on any atom is -0.475 e. The van der Waals surface area contributed by atoms with Crippen molar-refractivity contribution < 1.29 is 27.4 Å². The zero-order valence-corrected chi connectivity index (χ0v) is 16.4. The molecule has 2 aromatic carbocycles. The van der Waals surface area contributed by atoms with Gasteiger partial charge in [-0.2, -0.15) is 0 Å². The van der Waals surface area contributed by atoms with E-state index < -0.39 is 40.4 Å². The summed E-state index contributed by atoms with van der Waals surface area (Å²) in [4.78, 5) is 5.65. The zero-order valence-electron chi connectivity index (χ0n) is 14.8. The Labute approximate surface area is 167 Å². The minimum atomic E-state index is -1.26. The number of rotatable bonds is 4. The Kier molecular flexibility index (Phi) is 5.95. The molecule has 1 N–H and O–H groups in total. The number of hydrogen-bond donors (Lipinski definition) is 1. The van der Waals surface area contributed by atoms with E-state index in [2.05, 4.69) is 20.9 Å². The molecular weight excluding hydrogens is 444 g/mol. The van der Waals surface area contributed by atoms with E-state index in [4.69, 9.17) is 4.74 Å². The molecule has 0 saturated carbocycles. The quantitative estimate of drug-likeness (QED) is 0.550. The lowest BCUT2D eigenvalue weighted by molar-refractivity contribution is 0.219. The first-order chi connectivity index (χ1) is 13.2. The fourth-order valence-electron chi connectivity index (χ4n) is 2.92. The maximum Gasteiger partial charge on any atom is 0.207 e. The number of aliphatic hydroxyl groups excluding tert-OH is 1. The van der Waals surface area contributed by atoms with Crippen molar-refractivity contribution in [3.05, 3.63) is 65.2 Å². The molecule has 0 bridgehead atoms. The third kappa shape index (κ3) is 4.00. The van der Waals surface area contributed by atoms with E-state index in [9.17, 15) is 22.7 Å². The molecule has 0 amide bonds. The third-order valence-electron chi connectivity index (χ3n) is 4.41. The van der Waals surface area contributed by atoms with Crippen molar-refractivity contribution in [2.24, 2.45) is 4.99 Å². The van der Waals surface area contributed by atoms with Crippen molar-refractivity contribution in [1.82, 2.24) is 0 Å². The summed E-state index contributed by atoms with van der Waals surface area (Å²) in [5.41, 5.74) is -0.160. The first kappa shape index (κ1) is 20.6. The van der Waals surface area contributed by atoms with Crippen molar-refractivity contribution in [2.75, 3.05) is 18.1 Å². The molecular formula is C19H17BrF4N2O2. The number of benzene rings is 2. The predicted molar refractivity (Wildman–Crippen MR) is 100 cm³/mol. The highest BCUT2D eigenvalue weighted by molar-refractivity contribution is 9.10. The number of nitrogens with zero attached hydrogens (tertiary/aromatic N) is 2. The summed E-state index contributed by atoms with van der Waals surface area (Å²) < 4.78 is 59.6. The molecule has 2 atom stereocenters. The van der Waals surface area contributed by atoms with Crippen LogP contribution in [0.25, 0.3) is 0 Å². The van der Waals surface area contributed by atoms with E-state index in [-0.39, 0.29) is 30.3 Å². The summed E-state index contributed by atoms with van der Waals surface area (Å²) in [6, 6.07) is 6.60. The Morgan fingerprint density at radius 2 is 1.86 bits per heavy atom. The SMILES string of the molecule is CC1N=C(OCc2ccc(F)cc2F)C(Br)(CO)CN1c1c(F)cccc1F. The van der Waals surface area contributed by atoms with Crippen LogP contribution in [0.4, 0.5) is 23.2 Å². The number of anilines is 1. The normalized spacial score (nSPS) is 22.2. The van der Waals surface area contributed by atoms with Crippen LogP contribution < -0.4 is 4.90 Å². The van der Waals surface area contributed by atoms with Crippen molar-refractivity contribution in [3.63, 3.8) is 0 Å². The maximum atomic E-state index is 14.2. The van der Waals surface area contributed by atoms with E-state index in [1.807, 2.05) is 0 Å². The Balaban J connectivity index is 1.88. The lowest BCUT2D eigenvalue weighted by Gasteiger charge is -2.41. The predicted octanol–water partition coefficient (Wildman–Crippen LogP) is 4.15. The molecule has 2 unspecified atom stereocenters. The van der Waals surface area contributed by atoms with Gasteiger partial charge < -0.3 is 14.7 Å². The van der Waals surface area contributed by atoms with Crippen LogP contribution in [0.3, 0.4) is 0 Å². The largest absolute Gasteiger partial charge is 0.475 e. The first-order valence-electron chi connectivity index (χ1n) is 8.40.